The van der Waals surface area contributed by atoms with Gasteiger partial charge in [-0.05, 0) is 61.4 Å². The van der Waals surface area contributed by atoms with Gasteiger partial charge in [0, 0.05) is 11.1 Å². The third-order valence-corrected chi connectivity index (χ3v) is 6.91. The van der Waals surface area contributed by atoms with Gasteiger partial charge in [-0.2, -0.15) is 0 Å². The van der Waals surface area contributed by atoms with Crippen LogP contribution < -0.4 is 5.32 Å². The molecular weight excluding hydrogens is 488 g/mol. The topological polar surface area (TPSA) is 92.2 Å². The van der Waals surface area contributed by atoms with Crippen LogP contribution in [0.5, 0.6) is 0 Å². The number of hydrogen-bond acceptors (Lipinski definition) is 4. The van der Waals surface area contributed by atoms with Crippen LogP contribution in [-0.4, -0.2) is 39.3 Å². The fraction of sp³-hybridized carbons (Fsp3) is 0.267. The predicted octanol–water partition coefficient (Wildman–Crippen LogP) is 5.80. The number of carbonyl (C=O) groups excluding carboxylic acids is 1. The number of nitrogens with zero attached hydrogens (tertiary/aromatic N) is 2. The highest BCUT2D eigenvalue weighted by atomic mass is 19.1. The molecule has 2 N–H and O–H groups in total. The molecule has 38 heavy (non-hydrogen) atoms. The van der Waals surface area contributed by atoms with E-state index in [0.29, 0.717) is 47.2 Å². The quantitative estimate of drug-likeness (QED) is 0.310. The van der Waals surface area contributed by atoms with Gasteiger partial charge in [0.1, 0.15) is 6.17 Å². The van der Waals surface area contributed by atoms with E-state index in [9.17, 15) is 18.4 Å². The molecule has 0 saturated carbocycles. The van der Waals surface area contributed by atoms with Gasteiger partial charge in [-0.15, -0.1) is 0 Å². The monoisotopic (exact) mass is 515 g/mol. The first-order valence-corrected chi connectivity index (χ1v) is 12.7. The average molecular weight is 516 g/mol. The fourth-order valence-electron chi connectivity index (χ4n) is 4.92. The number of fused-ring (bicyclic) bond motifs is 2. The molecule has 0 bridgehead atoms. The van der Waals surface area contributed by atoms with Crippen molar-refractivity contribution in [2.24, 2.45) is 0 Å². The van der Waals surface area contributed by atoms with Gasteiger partial charge in [0.25, 0.3) is 5.91 Å². The van der Waals surface area contributed by atoms with E-state index in [2.05, 4.69) is 5.32 Å². The Morgan fingerprint density at radius 1 is 1.00 bits per heavy atom. The molecule has 5 rings (SSSR count). The summed E-state index contributed by atoms with van der Waals surface area (Å²) in [6, 6.07) is 21.2. The molecule has 1 amide bonds. The second-order valence-corrected chi connectivity index (χ2v) is 9.49. The summed E-state index contributed by atoms with van der Waals surface area (Å²) in [5.41, 5.74) is 5.25. The highest BCUT2D eigenvalue weighted by molar-refractivity contribution is 5.97. The van der Waals surface area contributed by atoms with Crippen molar-refractivity contribution in [2.45, 2.75) is 50.5 Å². The number of aryl methyl sites for hydroxylation is 2. The SMILES string of the molecule is O=C(NC1c2ccccc2CCC1F)c1ccc2nc(-c3ccccc3)c(CCCC(F)C(=O)O)nc2c1. The molecule has 6 nitrogen and oxygen atoms in total. The minimum Gasteiger partial charge on any atom is -0.479 e. The van der Waals surface area contributed by atoms with E-state index in [4.69, 9.17) is 15.1 Å². The number of carbonyl (C=O) groups is 2. The van der Waals surface area contributed by atoms with E-state index < -0.39 is 30.3 Å². The van der Waals surface area contributed by atoms with Crippen LogP contribution in [-0.2, 0) is 17.6 Å². The number of carboxylic acids is 1. The maximum atomic E-state index is 14.8. The van der Waals surface area contributed by atoms with Crippen LogP contribution in [0.3, 0.4) is 0 Å². The van der Waals surface area contributed by atoms with Crippen LogP contribution in [0.15, 0.2) is 72.8 Å². The summed E-state index contributed by atoms with van der Waals surface area (Å²) in [7, 11) is 0. The van der Waals surface area contributed by atoms with Gasteiger partial charge in [-0.1, -0.05) is 54.6 Å². The van der Waals surface area contributed by atoms with Crippen molar-refractivity contribution >= 4 is 22.9 Å². The van der Waals surface area contributed by atoms with Gasteiger partial charge in [-0.25, -0.2) is 23.5 Å². The number of halogens is 2. The lowest BCUT2D eigenvalue weighted by atomic mass is 9.86. The van der Waals surface area contributed by atoms with Crippen LogP contribution in [0, 0.1) is 0 Å². The van der Waals surface area contributed by atoms with E-state index in [1.54, 1.807) is 18.2 Å². The molecule has 1 aliphatic carbocycles. The maximum absolute atomic E-state index is 14.8. The standard InChI is InChI=1S/C30H27F2N3O3/c31-22-15-13-18-7-4-5-10-21(18)28(22)35-29(36)20-14-16-24-26(17-20)33-25(12-6-11-23(32)30(37)38)27(34-24)19-8-2-1-3-9-19/h1-5,7-10,14,16-17,22-23,28H,6,11-13,15H2,(H,35,36)(H,37,38). The smallest absolute Gasteiger partial charge is 0.338 e. The molecule has 0 radical (unpaired) electrons. The molecule has 194 valence electrons. The molecule has 1 heterocycles. The molecule has 0 fully saturated rings. The summed E-state index contributed by atoms with van der Waals surface area (Å²) >= 11 is 0. The van der Waals surface area contributed by atoms with Crippen molar-refractivity contribution < 1.29 is 23.5 Å². The lowest BCUT2D eigenvalue weighted by Gasteiger charge is -2.29. The Hall–Kier alpha value is -4.20. The van der Waals surface area contributed by atoms with Gasteiger partial charge >= 0.3 is 5.97 Å². The Balaban J connectivity index is 1.44. The molecule has 4 aromatic rings. The summed E-state index contributed by atoms with van der Waals surface area (Å²) < 4.78 is 28.5. The number of benzene rings is 3. The van der Waals surface area contributed by atoms with Crippen LogP contribution in [0.1, 0.15) is 52.5 Å². The summed E-state index contributed by atoms with van der Waals surface area (Å²) in [6.45, 7) is 0. The van der Waals surface area contributed by atoms with Gasteiger partial charge in [0.05, 0.1) is 28.5 Å². The molecule has 3 atom stereocenters. The molecule has 0 spiro atoms. The first kappa shape index (κ1) is 25.4. The lowest BCUT2D eigenvalue weighted by Crippen LogP contribution is -2.37. The Morgan fingerprint density at radius 3 is 2.55 bits per heavy atom. The molecular formula is C30H27F2N3O3. The van der Waals surface area contributed by atoms with Crippen molar-refractivity contribution in [3.8, 4) is 11.3 Å². The number of hydrogen-bond donors (Lipinski definition) is 2. The molecule has 1 aliphatic rings. The van der Waals surface area contributed by atoms with E-state index in [0.717, 1.165) is 16.7 Å². The van der Waals surface area contributed by atoms with Crippen LogP contribution >= 0.6 is 0 Å². The average Bonchev–Trinajstić information content (AvgIpc) is 2.94. The number of amides is 1. The minimum atomic E-state index is -1.94. The van der Waals surface area contributed by atoms with Crippen LogP contribution in [0.25, 0.3) is 22.3 Å². The maximum Gasteiger partial charge on any atom is 0.338 e. The molecule has 0 saturated heterocycles. The van der Waals surface area contributed by atoms with E-state index in [1.165, 1.54) is 0 Å². The summed E-state index contributed by atoms with van der Waals surface area (Å²) in [5.74, 6) is -1.89. The van der Waals surface area contributed by atoms with E-state index >= 15 is 0 Å². The molecule has 1 aromatic heterocycles. The van der Waals surface area contributed by atoms with Crippen molar-refractivity contribution in [2.75, 3.05) is 0 Å². The third kappa shape index (κ3) is 5.39. The zero-order chi connectivity index (χ0) is 26.6. The Morgan fingerprint density at radius 2 is 1.76 bits per heavy atom. The van der Waals surface area contributed by atoms with Gasteiger partial charge in [0.2, 0.25) is 0 Å². The summed E-state index contributed by atoms with van der Waals surface area (Å²) in [5, 5.41) is 11.7. The van der Waals surface area contributed by atoms with Crippen molar-refractivity contribution in [3.05, 3.63) is 95.2 Å². The third-order valence-electron chi connectivity index (χ3n) is 6.91. The van der Waals surface area contributed by atoms with Gasteiger partial charge in [-0.3, -0.25) is 4.79 Å². The van der Waals surface area contributed by atoms with Crippen molar-refractivity contribution in [1.29, 1.82) is 0 Å². The van der Waals surface area contributed by atoms with Gasteiger partial charge < -0.3 is 10.4 Å². The Kier molecular flexibility index (Phi) is 7.40. The first-order chi connectivity index (χ1) is 18.4. The van der Waals surface area contributed by atoms with Gasteiger partial charge in [0.15, 0.2) is 6.17 Å². The normalized spacial score (nSPS) is 17.5. The minimum absolute atomic E-state index is 0.140. The molecule has 3 aromatic carbocycles. The summed E-state index contributed by atoms with van der Waals surface area (Å²) in [6.07, 6.45) is -1.69. The number of aliphatic carboxylic acids is 1. The number of alkyl halides is 2. The number of nitrogens with one attached hydrogen (secondary N) is 1. The summed E-state index contributed by atoms with van der Waals surface area (Å²) in [4.78, 5) is 33.6. The highest BCUT2D eigenvalue weighted by Gasteiger charge is 2.31. The Bertz CT molecular complexity index is 1480. The first-order valence-electron chi connectivity index (χ1n) is 12.7. The number of rotatable bonds is 8. The number of carboxylic acid groups (broad SMARTS) is 1. The zero-order valence-corrected chi connectivity index (χ0v) is 20.6. The van der Waals surface area contributed by atoms with Crippen molar-refractivity contribution in [1.82, 2.24) is 15.3 Å². The van der Waals surface area contributed by atoms with Crippen LogP contribution in [0.4, 0.5) is 8.78 Å². The van der Waals surface area contributed by atoms with Crippen molar-refractivity contribution in [3.63, 3.8) is 0 Å². The van der Waals surface area contributed by atoms with Crippen LogP contribution in [0.2, 0.25) is 0 Å². The lowest BCUT2D eigenvalue weighted by molar-refractivity contribution is -0.143. The molecule has 0 aliphatic heterocycles. The van der Waals surface area contributed by atoms with E-state index in [1.807, 2.05) is 54.6 Å². The second kappa shape index (κ2) is 11.0. The largest absolute Gasteiger partial charge is 0.479 e. The molecule has 3 unspecified atom stereocenters. The van der Waals surface area contributed by atoms with E-state index in [-0.39, 0.29) is 12.8 Å². The predicted molar refractivity (Wildman–Crippen MR) is 140 cm³/mol. The molecule has 8 heteroatoms. The highest BCUT2D eigenvalue weighted by Crippen LogP contribution is 2.32. The second-order valence-electron chi connectivity index (χ2n) is 9.49. The Labute approximate surface area is 218 Å². The number of aromatic nitrogens is 2. The zero-order valence-electron chi connectivity index (χ0n) is 20.6. The fourth-order valence-corrected chi connectivity index (χ4v) is 4.92.